The molecule has 0 aliphatic carbocycles. The molecule has 6 nitrogen and oxygen atoms in total. The Morgan fingerprint density at radius 1 is 0.931 bits per heavy atom. The number of carbonyl (C=O) groups is 1. The Kier molecular flexibility index (Phi) is 6.99. The number of ether oxygens (including phenoxy) is 4. The third-order valence-electron chi connectivity index (χ3n) is 5.46. The second-order valence-electron chi connectivity index (χ2n) is 7.15. The van der Waals surface area contributed by atoms with Gasteiger partial charge in [0, 0.05) is 24.6 Å². The highest BCUT2D eigenvalue weighted by atomic mass is 16.5. The minimum absolute atomic E-state index is 0.0532. The molecule has 0 amide bonds. The zero-order valence-electron chi connectivity index (χ0n) is 17.6. The average Bonchev–Trinajstić information content (AvgIpc) is 2.78. The van der Waals surface area contributed by atoms with E-state index in [1.54, 1.807) is 40.6 Å². The molecule has 0 radical (unpaired) electrons. The predicted octanol–water partition coefficient (Wildman–Crippen LogP) is 3.82. The van der Waals surface area contributed by atoms with Gasteiger partial charge in [-0.15, -0.1) is 0 Å². The SMILES string of the molecule is COc1ccc(C(=O)[C@H]2CCCN(Cc3c(OC)cccc3OC)C2)cc1OC. The van der Waals surface area contributed by atoms with E-state index < -0.39 is 0 Å². The minimum atomic E-state index is -0.0532. The first-order valence-electron chi connectivity index (χ1n) is 9.79. The van der Waals surface area contributed by atoms with Crippen molar-refractivity contribution in [3.63, 3.8) is 0 Å². The summed E-state index contributed by atoms with van der Waals surface area (Å²) in [6.07, 6.45) is 1.86. The van der Waals surface area contributed by atoms with E-state index in [1.165, 1.54) is 0 Å². The van der Waals surface area contributed by atoms with E-state index in [1.807, 2.05) is 24.3 Å². The van der Waals surface area contributed by atoms with Crippen LogP contribution in [0.1, 0.15) is 28.8 Å². The van der Waals surface area contributed by atoms with Crippen LogP contribution in [-0.2, 0) is 6.54 Å². The van der Waals surface area contributed by atoms with Crippen molar-refractivity contribution in [1.82, 2.24) is 4.90 Å². The number of methoxy groups -OCH3 is 4. The predicted molar refractivity (Wildman–Crippen MR) is 111 cm³/mol. The Morgan fingerprint density at radius 2 is 1.59 bits per heavy atom. The van der Waals surface area contributed by atoms with Gasteiger partial charge in [-0.3, -0.25) is 9.69 Å². The molecule has 3 rings (SSSR count). The Bertz CT molecular complexity index is 829. The van der Waals surface area contributed by atoms with Crippen LogP contribution in [0.4, 0.5) is 0 Å². The van der Waals surface area contributed by atoms with Crippen molar-refractivity contribution in [2.45, 2.75) is 19.4 Å². The fourth-order valence-corrected chi connectivity index (χ4v) is 3.95. The molecule has 0 aromatic heterocycles. The first kappa shape index (κ1) is 21.0. The summed E-state index contributed by atoms with van der Waals surface area (Å²) in [5, 5.41) is 0. The number of likely N-dealkylation sites (tertiary alicyclic amines) is 1. The summed E-state index contributed by atoms with van der Waals surface area (Å²) in [4.78, 5) is 15.4. The molecule has 1 fully saturated rings. The third-order valence-corrected chi connectivity index (χ3v) is 5.46. The molecule has 0 unspecified atom stereocenters. The van der Waals surface area contributed by atoms with Crippen LogP contribution < -0.4 is 18.9 Å². The molecule has 1 atom stereocenters. The Balaban J connectivity index is 1.75. The second kappa shape index (κ2) is 9.65. The number of rotatable bonds is 8. The van der Waals surface area contributed by atoms with Crippen LogP contribution in [0.5, 0.6) is 23.0 Å². The van der Waals surface area contributed by atoms with Gasteiger partial charge in [0.05, 0.1) is 34.0 Å². The molecule has 29 heavy (non-hydrogen) atoms. The maximum atomic E-state index is 13.1. The fraction of sp³-hybridized carbons (Fsp3) is 0.435. The van der Waals surface area contributed by atoms with Crippen LogP contribution in [0, 0.1) is 5.92 Å². The second-order valence-corrected chi connectivity index (χ2v) is 7.15. The van der Waals surface area contributed by atoms with Gasteiger partial charge in [0.25, 0.3) is 0 Å². The van der Waals surface area contributed by atoms with E-state index in [4.69, 9.17) is 18.9 Å². The molecule has 0 spiro atoms. The van der Waals surface area contributed by atoms with Crippen molar-refractivity contribution in [3.05, 3.63) is 47.5 Å². The number of carbonyl (C=O) groups excluding carboxylic acids is 1. The first-order chi connectivity index (χ1) is 14.1. The Hall–Kier alpha value is -2.73. The molecule has 0 saturated carbocycles. The number of benzene rings is 2. The molecule has 156 valence electrons. The molecule has 1 aliphatic rings. The third kappa shape index (κ3) is 4.65. The molecule has 0 N–H and O–H groups in total. The highest BCUT2D eigenvalue weighted by Gasteiger charge is 2.28. The number of Topliss-reactive ketones (excluding diaryl/α,β-unsaturated/α-hetero) is 1. The van der Waals surface area contributed by atoms with Crippen LogP contribution in [0.15, 0.2) is 36.4 Å². The van der Waals surface area contributed by atoms with E-state index in [9.17, 15) is 4.79 Å². The normalized spacial score (nSPS) is 16.9. The zero-order chi connectivity index (χ0) is 20.8. The van der Waals surface area contributed by atoms with Crippen molar-refractivity contribution < 1.29 is 23.7 Å². The Morgan fingerprint density at radius 3 is 2.21 bits per heavy atom. The first-order valence-corrected chi connectivity index (χ1v) is 9.79. The highest BCUT2D eigenvalue weighted by Crippen LogP contribution is 2.33. The summed E-state index contributed by atoms with van der Waals surface area (Å²) >= 11 is 0. The van der Waals surface area contributed by atoms with E-state index >= 15 is 0 Å². The van der Waals surface area contributed by atoms with E-state index in [0.717, 1.165) is 36.4 Å². The lowest BCUT2D eigenvalue weighted by Gasteiger charge is -2.32. The Labute approximate surface area is 172 Å². The van der Waals surface area contributed by atoms with Crippen molar-refractivity contribution >= 4 is 5.78 Å². The van der Waals surface area contributed by atoms with Crippen LogP contribution >= 0.6 is 0 Å². The number of ketones is 1. The molecule has 1 saturated heterocycles. The summed E-state index contributed by atoms with van der Waals surface area (Å²) in [7, 11) is 6.50. The van der Waals surface area contributed by atoms with E-state index in [0.29, 0.717) is 30.2 Å². The largest absolute Gasteiger partial charge is 0.496 e. The summed E-state index contributed by atoms with van der Waals surface area (Å²) < 4.78 is 21.7. The molecule has 1 aliphatic heterocycles. The highest BCUT2D eigenvalue weighted by molar-refractivity contribution is 5.98. The van der Waals surface area contributed by atoms with Gasteiger partial charge in [-0.2, -0.15) is 0 Å². The van der Waals surface area contributed by atoms with Crippen LogP contribution in [0.25, 0.3) is 0 Å². The maximum absolute atomic E-state index is 13.1. The van der Waals surface area contributed by atoms with Gasteiger partial charge >= 0.3 is 0 Å². The maximum Gasteiger partial charge on any atom is 0.167 e. The van der Waals surface area contributed by atoms with Gasteiger partial charge in [0.2, 0.25) is 0 Å². The molecular weight excluding hydrogens is 370 g/mol. The van der Waals surface area contributed by atoms with Gasteiger partial charge in [0.15, 0.2) is 17.3 Å². The molecule has 0 bridgehead atoms. The zero-order valence-corrected chi connectivity index (χ0v) is 17.6. The standard InChI is InChI=1S/C23H29NO5/c1-26-19-8-5-9-20(27-2)18(19)15-24-12-6-7-17(14-24)23(25)16-10-11-21(28-3)22(13-16)29-4/h5,8-11,13,17H,6-7,12,14-15H2,1-4H3/t17-/m0/s1. The lowest BCUT2D eigenvalue weighted by Crippen LogP contribution is -2.38. The fourth-order valence-electron chi connectivity index (χ4n) is 3.95. The average molecular weight is 399 g/mol. The monoisotopic (exact) mass is 399 g/mol. The van der Waals surface area contributed by atoms with Gasteiger partial charge in [0.1, 0.15) is 11.5 Å². The smallest absolute Gasteiger partial charge is 0.167 e. The summed E-state index contributed by atoms with van der Waals surface area (Å²) in [6, 6.07) is 11.2. The van der Waals surface area contributed by atoms with Gasteiger partial charge < -0.3 is 18.9 Å². The summed E-state index contributed by atoms with van der Waals surface area (Å²) in [6.45, 7) is 2.33. The van der Waals surface area contributed by atoms with Crippen LogP contribution in [0.2, 0.25) is 0 Å². The van der Waals surface area contributed by atoms with Crippen molar-refractivity contribution in [3.8, 4) is 23.0 Å². The summed E-state index contributed by atoms with van der Waals surface area (Å²) in [5.41, 5.74) is 1.67. The molecule has 2 aromatic carbocycles. The van der Waals surface area contributed by atoms with Crippen molar-refractivity contribution in [1.29, 1.82) is 0 Å². The molecule has 6 heteroatoms. The van der Waals surface area contributed by atoms with Crippen LogP contribution in [0.3, 0.4) is 0 Å². The van der Waals surface area contributed by atoms with E-state index in [-0.39, 0.29) is 11.7 Å². The van der Waals surface area contributed by atoms with Gasteiger partial charge in [-0.1, -0.05) is 6.07 Å². The van der Waals surface area contributed by atoms with E-state index in [2.05, 4.69) is 4.90 Å². The van der Waals surface area contributed by atoms with Gasteiger partial charge in [-0.25, -0.2) is 0 Å². The molecular formula is C23H29NO5. The topological polar surface area (TPSA) is 57.2 Å². The number of hydrogen-bond donors (Lipinski definition) is 0. The van der Waals surface area contributed by atoms with Crippen LogP contribution in [-0.4, -0.2) is 52.2 Å². The van der Waals surface area contributed by atoms with Crippen molar-refractivity contribution in [2.75, 3.05) is 41.5 Å². The minimum Gasteiger partial charge on any atom is -0.496 e. The lowest BCUT2D eigenvalue weighted by molar-refractivity contribution is 0.0809. The lowest BCUT2D eigenvalue weighted by atomic mass is 9.89. The van der Waals surface area contributed by atoms with Gasteiger partial charge in [-0.05, 0) is 49.7 Å². The quantitative estimate of drug-likeness (QED) is 0.629. The van der Waals surface area contributed by atoms with Crippen molar-refractivity contribution in [2.24, 2.45) is 5.92 Å². The number of piperidine rings is 1. The number of nitrogens with zero attached hydrogens (tertiary/aromatic N) is 1. The number of hydrogen-bond acceptors (Lipinski definition) is 6. The molecule has 2 aromatic rings. The summed E-state index contributed by atoms with van der Waals surface area (Å²) in [5.74, 6) is 2.89. The molecule has 1 heterocycles.